The molecule has 0 bridgehead atoms. The second-order valence-electron chi connectivity index (χ2n) is 5.12. The third kappa shape index (κ3) is 6.75. The Hall–Kier alpha value is -1.37. The van der Waals surface area contributed by atoms with Crippen LogP contribution < -0.4 is 5.32 Å². The van der Waals surface area contributed by atoms with Crippen LogP contribution in [-0.2, 0) is 27.5 Å². The fourth-order valence-electron chi connectivity index (χ4n) is 1.59. The first-order valence-corrected chi connectivity index (χ1v) is 7.95. The van der Waals surface area contributed by atoms with Gasteiger partial charge in [0, 0.05) is 23.1 Å². The van der Waals surface area contributed by atoms with Crippen LogP contribution in [0.15, 0.2) is 24.3 Å². The summed E-state index contributed by atoms with van der Waals surface area (Å²) in [7, 11) is -1.53. The second kappa shape index (κ2) is 7.59. The molecule has 1 rings (SSSR count). The van der Waals surface area contributed by atoms with E-state index in [0.29, 0.717) is 12.1 Å². The Labute approximate surface area is 124 Å². The smallest absolute Gasteiger partial charge is 0.355 e. The van der Waals surface area contributed by atoms with E-state index in [1.54, 1.807) is 0 Å². The van der Waals surface area contributed by atoms with Gasteiger partial charge in [-0.1, -0.05) is 32.0 Å². The summed E-state index contributed by atoms with van der Waals surface area (Å²) in [5.74, 6) is -0.345. The zero-order chi connectivity index (χ0) is 16.0. The molecule has 1 N–H and O–H groups in total. The summed E-state index contributed by atoms with van der Waals surface area (Å²) < 4.78 is 49.5. The third-order valence-electron chi connectivity index (χ3n) is 2.58. The van der Waals surface area contributed by atoms with Crippen LogP contribution in [0.5, 0.6) is 0 Å². The first-order chi connectivity index (χ1) is 9.68. The van der Waals surface area contributed by atoms with Gasteiger partial charge in [0.05, 0.1) is 5.56 Å². The van der Waals surface area contributed by atoms with Crippen LogP contribution in [0.3, 0.4) is 0 Å². The number of amides is 1. The summed E-state index contributed by atoms with van der Waals surface area (Å²) in [4.78, 5) is 11.5. The van der Waals surface area contributed by atoms with Crippen LogP contribution in [0.2, 0.25) is 0 Å². The van der Waals surface area contributed by atoms with E-state index in [-0.39, 0.29) is 23.3 Å². The van der Waals surface area contributed by atoms with Crippen molar-refractivity contribution in [3.63, 3.8) is 0 Å². The normalized spacial score (nSPS) is 13.2. The lowest BCUT2D eigenvalue weighted by atomic mass is 10.1. The van der Waals surface area contributed by atoms with E-state index in [1.165, 1.54) is 12.1 Å². The number of hydrogen-bond acceptors (Lipinski definition) is 2. The quantitative estimate of drug-likeness (QED) is 0.876. The average molecular weight is 321 g/mol. The Morgan fingerprint density at radius 2 is 2.00 bits per heavy atom. The van der Waals surface area contributed by atoms with Gasteiger partial charge in [0.25, 0.3) is 0 Å². The molecular weight excluding hydrogens is 303 g/mol. The molecule has 0 radical (unpaired) electrons. The molecule has 0 aromatic heterocycles. The second-order valence-corrected chi connectivity index (χ2v) is 6.58. The summed E-state index contributed by atoms with van der Waals surface area (Å²) in [6.07, 6.45) is -4.42. The van der Waals surface area contributed by atoms with E-state index in [9.17, 15) is 22.2 Å². The SMILES string of the molecule is CC(C)CNC(=O)CS(=O)Cc1cccc(C(F)(F)F)c1. The highest BCUT2D eigenvalue weighted by Crippen LogP contribution is 2.29. The molecule has 0 aliphatic heterocycles. The number of carbonyl (C=O) groups is 1. The summed E-state index contributed by atoms with van der Waals surface area (Å²) >= 11 is 0. The summed E-state index contributed by atoms with van der Waals surface area (Å²) in [5.41, 5.74) is -0.471. The predicted molar refractivity (Wildman–Crippen MR) is 76.0 cm³/mol. The zero-order valence-corrected chi connectivity index (χ0v) is 12.7. The lowest BCUT2D eigenvalue weighted by molar-refractivity contribution is -0.137. The maximum atomic E-state index is 12.6. The number of benzene rings is 1. The van der Waals surface area contributed by atoms with Crippen LogP contribution in [0.1, 0.15) is 25.0 Å². The van der Waals surface area contributed by atoms with Crippen LogP contribution in [0.25, 0.3) is 0 Å². The van der Waals surface area contributed by atoms with Gasteiger partial charge in [-0.3, -0.25) is 9.00 Å². The molecule has 0 fully saturated rings. The molecule has 7 heteroatoms. The fraction of sp³-hybridized carbons (Fsp3) is 0.500. The highest BCUT2D eigenvalue weighted by atomic mass is 32.2. The van der Waals surface area contributed by atoms with E-state index in [0.717, 1.165) is 12.1 Å². The van der Waals surface area contributed by atoms with E-state index in [4.69, 9.17) is 0 Å². The highest BCUT2D eigenvalue weighted by Gasteiger charge is 2.30. The van der Waals surface area contributed by atoms with E-state index >= 15 is 0 Å². The summed E-state index contributed by atoms with van der Waals surface area (Å²) in [6.45, 7) is 4.35. The van der Waals surface area contributed by atoms with E-state index in [1.807, 2.05) is 13.8 Å². The van der Waals surface area contributed by atoms with Gasteiger partial charge in [-0.2, -0.15) is 13.2 Å². The molecule has 1 atom stereocenters. The Bertz CT molecular complexity index is 515. The number of halogens is 3. The Kier molecular flexibility index (Phi) is 6.39. The van der Waals surface area contributed by atoms with Crippen molar-refractivity contribution in [1.29, 1.82) is 0 Å². The molecule has 21 heavy (non-hydrogen) atoms. The van der Waals surface area contributed by atoms with Crippen LogP contribution in [-0.4, -0.2) is 22.4 Å². The largest absolute Gasteiger partial charge is 0.416 e. The number of rotatable bonds is 6. The van der Waals surface area contributed by atoms with Crippen molar-refractivity contribution >= 4 is 16.7 Å². The van der Waals surface area contributed by atoms with Crippen LogP contribution >= 0.6 is 0 Å². The van der Waals surface area contributed by atoms with Crippen LogP contribution in [0.4, 0.5) is 13.2 Å². The van der Waals surface area contributed by atoms with Gasteiger partial charge in [-0.25, -0.2) is 0 Å². The van der Waals surface area contributed by atoms with Crippen molar-refractivity contribution in [1.82, 2.24) is 5.32 Å². The molecule has 0 saturated heterocycles. The average Bonchev–Trinajstić information content (AvgIpc) is 2.35. The molecule has 1 amide bonds. The minimum absolute atomic E-state index is 0.0704. The summed E-state index contributed by atoms with van der Waals surface area (Å²) in [5, 5.41) is 2.62. The molecule has 3 nitrogen and oxygen atoms in total. The molecule has 0 aliphatic carbocycles. The molecular formula is C14H18F3NO2S. The van der Waals surface area contributed by atoms with Gasteiger partial charge in [0.1, 0.15) is 5.75 Å². The van der Waals surface area contributed by atoms with Crippen molar-refractivity contribution in [2.24, 2.45) is 5.92 Å². The number of alkyl halides is 3. The van der Waals surface area contributed by atoms with E-state index in [2.05, 4.69) is 5.32 Å². The summed E-state index contributed by atoms with van der Waals surface area (Å²) in [6, 6.07) is 4.67. The zero-order valence-electron chi connectivity index (χ0n) is 11.9. The van der Waals surface area contributed by atoms with Crippen molar-refractivity contribution in [2.45, 2.75) is 25.8 Å². The maximum absolute atomic E-state index is 12.6. The third-order valence-corrected chi connectivity index (χ3v) is 3.82. The molecule has 118 valence electrons. The predicted octanol–water partition coefficient (Wildman–Crippen LogP) is 2.73. The van der Waals surface area contributed by atoms with Gasteiger partial charge in [0.2, 0.25) is 5.91 Å². The number of nitrogens with one attached hydrogen (secondary N) is 1. The molecule has 0 aliphatic rings. The minimum Gasteiger partial charge on any atom is -0.355 e. The lowest BCUT2D eigenvalue weighted by Gasteiger charge is -2.09. The monoisotopic (exact) mass is 321 g/mol. The molecule has 0 spiro atoms. The fourth-order valence-corrected chi connectivity index (χ4v) is 2.64. The standard InChI is InChI=1S/C14H18F3NO2S/c1-10(2)7-18-13(19)9-21(20)8-11-4-3-5-12(6-11)14(15,16)17/h3-6,10H,7-9H2,1-2H3,(H,18,19). The van der Waals surface area contributed by atoms with Crippen molar-refractivity contribution in [2.75, 3.05) is 12.3 Å². The lowest BCUT2D eigenvalue weighted by Crippen LogP contribution is -2.31. The first-order valence-electron chi connectivity index (χ1n) is 6.46. The maximum Gasteiger partial charge on any atom is 0.416 e. The van der Waals surface area contributed by atoms with Crippen LogP contribution in [0, 0.1) is 5.92 Å². The molecule has 1 unspecified atom stereocenters. The molecule has 1 aromatic rings. The number of hydrogen-bond donors (Lipinski definition) is 1. The highest BCUT2D eigenvalue weighted by molar-refractivity contribution is 7.84. The van der Waals surface area contributed by atoms with Crippen molar-refractivity contribution < 1.29 is 22.2 Å². The topological polar surface area (TPSA) is 46.2 Å². The molecule has 1 aromatic carbocycles. The van der Waals surface area contributed by atoms with Gasteiger partial charge < -0.3 is 5.32 Å². The van der Waals surface area contributed by atoms with Crippen molar-refractivity contribution in [3.8, 4) is 0 Å². The van der Waals surface area contributed by atoms with Gasteiger partial charge in [-0.05, 0) is 17.5 Å². The Balaban J connectivity index is 2.57. The Morgan fingerprint density at radius 3 is 2.57 bits per heavy atom. The minimum atomic E-state index is -4.42. The Morgan fingerprint density at radius 1 is 1.33 bits per heavy atom. The van der Waals surface area contributed by atoms with Gasteiger partial charge in [0.15, 0.2) is 0 Å². The van der Waals surface area contributed by atoms with Gasteiger partial charge >= 0.3 is 6.18 Å². The first kappa shape index (κ1) is 17.7. The molecule has 0 heterocycles. The van der Waals surface area contributed by atoms with E-state index < -0.39 is 22.5 Å². The van der Waals surface area contributed by atoms with Crippen molar-refractivity contribution in [3.05, 3.63) is 35.4 Å². The number of carbonyl (C=O) groups excluding carboxylic acids is 1. The van der Waals surface area contributed by atoms with Gasteiger partial charge in [-0.15, -0.1) is 0 Å². The molecule has 0 saturated carbocycles.